The maximum absolute atomic E-state index is 12.8. The van der Waals surface area contributed by atoms with Crippen LogP contribution in [0.1, 0.15) is 32.6 Å². The Morgan fingerprint density at radius 2 is 1.95 bits per heavy atom. The van der Waals surface area contributed by atoms with Crippen LogP contribution in [-0.2, 0) is 10.0 Å². The van der Waals surface area contributed by atoms with Gasteiger partial charge < -0.3 is 0 Å². The maximum atomic E-state index is 12.8. The fourth-order valence-electron chi connectivity index (χ4n) is 2.76. The first kappa shape index (κ1) is 16.5. The summed E-state index contributed by atoms with van der Waals surface area (Å²) in [6.45, 7) is 2.20. The topological polar surface area (TPSA) is 37.4 Å². The molecule has 2 atom stereocenters. The molecule has 2 unspecified atom stereocenters. The van der Waals surface area contributed by atoms with E-state index in [0.717, 1.165) is 23.7 Å². The lowest BCUT2D eigenvalue weighted by Crippen LogP contribution is -2.39. The highest BCUT2D eigenvalue weighted by atomic mass is 79.9. The molecule has 0 saturated heterocycles. The molecule has 3 nitrogen and oxygen atoms in total. The normalized spacial score (nSPS) is 24.1. The van der Waals surface area contributed by atoms with Crippen LogP contribution in [0.4, 0.5) is 0 Å². The molecule has 0 spiro atoms. The van der Waals surface area contributed by atoms with Crippen LogP contribution in [0.15, 0.2) is 32.0 Å². The van der Waals surface area contributed by atoms with E-state index in [-0.39, 0.29) is 6.04 Å². The third-order valence-corrected chi connectivity index (χ3v) is 7.37. The first-order chi connectivity index (χ1) is 9.32. The van der Waals surface area contributed by atoms with Crippen LogP contribution in [-0.4, -0.2) is 25.8 Å². The second-order valence-electron chi connectivity index (χ2n) is 5.52. The van der Waals surface area contributed by atoms with E-state index < -0.39 is 10.0 Å². The average molecular weight is 425 g/mol. The van der Waals surface area contributed by atoms with Gasteiger partial charge in [-0.3, -0.25) is 0 Å². The largest absolute Gasteiger partial charge is 0.244 e. The van der Waals surface area contributed by atoms with Crippen molar-refractivity contribution in [2.75, 3.05) is 7.05 Å². The van der Waals surface area contributed by atoms with E-state index in [2.05, 4.69) is 38.8 Å². The molecular formula is C14H19Br2NO2S. The Labute approximate surface area is 138 Å². The minimum Gasteiger partial charge on any atom is -0.207 e. The highest BCUT2D eigenvalue weighted by Gasteiger charge is 2.32. The van der Waals surface area contributed by atoms with E-state index in [1.54, 1.807) is 23.5 Å². The van der Waals surface area contributed by atoms with Crippen LogP contribution in [0.2, 0.25) is 0 Å². The number of sulfonamides is 1. The van der Waals surface area contributed by atoms with Crippen LogP contribution in [0.3, 0.4) is 0 Å². The second-order valence-corrected chi connectivity index (χ2v) is 9.26. The van der Waals surface area contributed by atoms with Gasteiger partial charge >= 0.3 is 0 Å². The number of rotatable bonds is 3. The Balaban J connectivity index is 2.31. The maximum Gasteiger partial charge on any atom is 0.244 e. The highest BCUT2D eigenvalue weighted by molar-refractivity contribution is 9.11. The molecule has 1 aromatic rings. The van der Waals surface area contributed by atoms with E-state index >= 15 is 0 Å². The first-order valence-corrected chi connectivity index (χ1v) is 9.78. The van der Waals surface area contributed by atoms with Crippen molar-refractivity contribution in [2.24, 2.45) is 5.92 Å². The number of halogens is 2. The Hall–Kier alpha value is 0.0900. The van der Waals surface area contributed by atoms with Crippen LogP contribution in [0, 0.1) is 5.92 Å². The predicted molar refractivity (Wildman–Crippen MR) is 88.2 cm³/mol. The third-order valence-electron chi connectivity index (χ3n) is 3.97. The van der Waals surface area contributed by atoms with Crippen molar-refractivity contribution in [3.63, 3.8) is 0 Å². The van der Waals surface area contributed by atoms with Crippen LogP contribution < -0.4 is 0 Å². The SMILES string of the molecule is CC1CCCC(N(C)S(=O)(=O)c2cc(Br)ccc2Br)C1. The summed E-state index contributed by atoms with van der Waals surface area (Å²) in [7, 11) is -1.76. The molecule has 0 aliphatic heterocycles. The lowest BCUT2D eigenvalue weighted by atomic mass is 9.87. The van der Waals surface area contributed by atoms with Crippen molar-refractivity contribution in [1.29, 1.82) is 0 Å². The summed E-state index contributed by atoms with van der Waals surface area (Å²) >= 11 is 6.68. The summed E-state index contributed by atoms with van der Waals surface area (Å²) in [6, 6.07) is 5.34. The molecule has 6 heteroatoms. The number of hydrogen-bond acceptors (Lipinski definition) is 2. The van der Waals surface area contributed by atoms with Gasteiger partial charge in [0.2, 0.25) is 10.0 Å². The van der Waals surface area contributed by atoms with Gasteiger partial charge in [0.15, 0.2) is 0 Å². The fourth-order valence-corrected chi connectivity index (χ4v) is 5.62. The molecule has 0 heterocycles. The Morgan fingerprint density at radius 1 is 1.25 bits per heavy atom. The van der Waals surface area contributed by atoms with Crippen molar-refractivity contribution in [1.82, 2.24) is 4.31 Å². The first-order valence-electron chi connectivity index (χ1n) is 6.75. The molecule has 0 bridgehead atoms. The van der Waals surface area contributed by atoms with Gasteiger partial charge in [-0.2, -0.15) is 4.31 Å². The zero-order valence-corrected chi connectivity index (χ0v) is 15.6. The molecule has 0 amide bonds. The predicted octanol–water partition coefficient (Wildman–Crippen LogP) is 4.41. The quantitative estimate of drug-likeness (QED) is 0.720. The van der Waals surface area contributed by atoms with E-state index in [4.69, 9.17) is 0 Å². The van der Waals surface area contributed by atoms with Gasteiger partial charge in [0.25, 0.3) is 0 Å². The van der Waals surface area contributed by atoms with Gasteiger partial charge in [0.05, 0.1) is 4.90 Å². The molecule has 0 N–H and O–H groups in total. The average Bonchev–Trinajstić information content (AvgIpc) is 2.40. The molecule has 2 rings (SSSR count). The van der Waals surface area contributed by atoms with Crippen molar-refractivity contribution < 1.29 is 8.42 Å². The summed E-state index contributed by atoms with van der Waals surface area (Å²) in [4.78, 5) is 0.326. The highest BCUT2D eigenvalue weighted by Crippen LogP contribution is 2.33. The van der Waals surface area contributed by atoms with Crippen molar-refractivity contribution >= 4 is 41.9 Å². The number of benzene rings is 1. The van der Waals surface area contributed by atoms with E-state index in [1.807, 2.05) is 6.07 Å². The van der Waals surface area contributed by atoms with Crippen LogP contribution >= 0.6 is 31.9 Å². The zero-order chi connectivity index (χ0) is 14.9. The second kappa shape index (κ2) is 6.46. The van der Waals surface area contributed by atoms with Gasteiger partial charge in [-0.05, 0) is 52.9 Å². The van der Waals surface area contributed by atoms with Gasteiger partial charge in [-0.15, -0.1) is 0 Å². The van der Waals surface area contributed by atoms with E-state index in [1.165, 1.54) is 6.42 Å². The van der Waals surface area contributed by atoms with E-state index in [9.17, 15) is 8.42 Å². The van der Waals surface area contributed by atoms with E-state index in [0.29, 0.717) is 15.3 Å². The molecular weight excluding hydrogens is 406 g/mol. The van der Waals surface area contributed by atoms with Gasteiger partial charge in [-0.1, -0.05) is 35.7 Å². The van der Waals surface area contributed by atoms with Crippen LogP contribution in [0.5, 0.6) is 0 Å². The standard InChI is InChI=1S/C14H19Br2NO2S/c1-10-4-3-5-12(8-10)17(2)20(18,19)14-9-11(15)6-7-13(14)16/h6-7,9-10,12H,3-5,8H2,1-2H3. The van der Waals surface area contributed by atoms with Gasteiger partial charge in [-0.25, -0.2) is 8.42 Å². The van der Waals surface area contributed by atoms with Gasteiger partial charge in [0.1, 0.15) is 0 Å². The van der Waals surface area contributed by atoms with Gasteiger partial charge in [0, 0.05) is 22.0 Å². The molecule has 112 valence electrons. The molecule has 0 radical (unpaired) electrons. The smallest absolute Gasteiger partial charge is 0.207 e. The Bertz CT molecular complexity index is 589. The Kier molecular flexibility index (Phi) is 5.32. The minimum absolute atomic E-state index is 0.106. The molecule has 1 saturated carbocycles. The zero-order valence-electron chi connectivity index (χ0n) is 11.6. The summed E-state index contributed by atoms with van der Waals surface area (Å²) in [5, 5.41) is 0. The summed E-state index contributed by atoms with van der Waals surface area (Å²) < 4.78 is 28.5. The Morgan fingerprint density at radius 3 is 2.60 bits per heavy atom. The van der Waals surface area contributed by atoms with Crippen LogP contribution in [0.25, 0.3) is 0 Å². The van der Waals surface area contributed by atoms with Crippen molar-refractivity contribution in [3.05, 3.63) is 27.1 Å². The molecule has 1 aliphatic carbocycles. The molecule has 1 fully saturated rings. The molecule has 20 heavy (non-hydrogen) atoms. The number of hydrogen-bond donors (Lipinski definition) is 0. The fraction of sp³-hybridized carbons (Fsp3) is 0.571. The van der Waals surface area contributed by atoms with Crippen molar-refractivity contribution in [2.45, 2.75) is 43.5 Å². The molecule has 1 aliphatic rings. The molecule has 0 aromatic heterocycles. The lowest BCUT2D eigenvalue weighted by molar-refractivity contribution is 0.239. The number of nitrogens with zero attached hydrogens (tertiary/aromatic N) is 1. The third kappa shape index (κ3) is 3.46. The minimum atomic E-state index is -3.46. The summed E-state index contributed by atoms with van der Waals surface area (Å²) in [5.41, 5.74) is 0. The summed E-state index contributed by atoms with van der Waals surface area (Å²) in [6.07, 6.45) is 4.20. The van der Waals surface area contributed by atoms with Crippen molar-refractivity contribution in [3.8, 4) is 0 Å². The monoisotopic (exact) mass is 423 g/mol. The molecule has 1 aromatic carbocycles. The lowest BCUT2D eigenvalue weighted by Gasteiger charge is -2.33. The summed E-state index contributed by atoms with van der Waals surface area (Å²) in [5.74, 6) is 0.595.